The molecular formula is C15H18ClN3. The maximum absolute atomic E-state index is 5.93. The SMILES string of the molecule is Cc1cc(C)nc(-c2ncc(CCl)c(C(C)C)n2)c1. The van der Waals surface area contributed by atoms with Gasteiger partial charge in [0.2, 0.25) is 0 Å². The van der Waals surface area contributed by atoms with Gasteiger partial charge in [-0.1, -0.05) is 13.8 Å². The van der Waals surface area contributed by atoms with Crippen molar-refractivity contribution in [3.05, 3.63) is 40.8 Å². The topological polar surface area (TPSA) is 38.7 Å². The van der Waals surface area contributed by atoms with Crippen LogP contribution in [0, 0.1) is 13.8 Å². The zero-order chi connectivity index (χ0) is 14.0. The Labute approximate surface area is 119 Å². The van der Waals surface area contributed by atoms with Gasteiger partial charge in [0, 0.05) is 17.5 Å². The van der Waals surface area contributed by atoms with E-state index in [4.69, 9.17) is 11.6 Å². The van der Waals surface area contributed by atoms with E-state index in [0.717, 1.165) is 22.6 Å². The number of rotatable bonds is 3. The van der Waals surface area contributed by atoms with E-state index >= 15 is 0 Å². The first-order valence-corrected chi connectivity index (χ1v) is 6.92. The number of aryl methyl sites for hydroxylation is 2. The van der Waals surface area contributed by atoms with Gasteiger partial charge in [0.25, 0.3) is 0 Å². The molecule has 0 unspecified atom stereocenters. The standard InChI is InChI=1S/C15H18ClN3/c1-9(2)14-12(7-16)8-17-15(19-14)13-6-10(3)5-11(4)18-13/h5-6,8-9H,7H2,1-4H3. The molecule has 0 spiro atoms. The van der Waals surface area contributed by atoms with Crippen molar-refractivity contribution in [2.75, 3.05) is 0 Å². The molecule has 0 radical (unpaired) electrons. The minimum Gasteiger partial charge on any atom is -0.250 e. The molecule has 0 aromatic carbocycles. The summed E-state index contributed by atoms with van der Waals surface area (Å²) in [6.07, 6.45) is 1.81. The van der Waals surface area contributed by atoms with Crippen molar-refractivity contribution in [2.24, 2.45) is 0 Å². The van der Waals surface area contributed by atoms with Gasteiger partial charge in [-0.05, 0) is 37.5 Å². The van der Waals surface area contributed by atoms with Crippen LogP contribution >= 0.6 is 11.6 Å². The maximum Gasteiger partial charge on any atom is 0.178 e. The third-order valence-corrected chi connectivity index (χ3v) is 3.20. The molecule has 2 aromatic heterocycles. The summed E-state index contributed by atoms with van der Waals surface area (Å²) in [4.78, 5) is 13.5. The summed E-state index contributed by atoms with van der Waals surface area (Å²) in [5, 5.41) is 0. The Morgan fingerprint density at radius 1 is 1.16 bits per heavy atom. The van der Waals surface area contributed by atoms with Crippen LogP contribution < -0.4 is 0 Å². The van der Waals surface area contributed by atoms with Gasteiger partial charge in [-0.3, -0.25) is 0 Å². The largest absolute Gasteiger partial charge is 0.250 e. The number of hydrogen-bond donors (Lipinski definition) is 0. The summed E-state index contributed by atoms with van der Waals surface area (Å²) in [7, 11) is 0. The molecular weight excluding hydrogens is 258 g/mol. The van der Waals surface area contributed by atoms with Crippen LogP contribution in [-0.2, 0) is 5.88 Å². The van der Waals surface area contributed by atoms with E-state index < -0.39 is 0 Å². The Kier molecular flexibility index (Phi) is 4.15. The van der Waals surface area contributed by atoms with Crippen LogP contribution in [0.15, 0.2) is 18.3 Å². The minimum atomic E-state index is 0.321. The predicted molar refractivity (Wildman–Crippen MR) is 78.4 cm³/mol. The van der Waals surface area contributed by atoms with Gasteiger partial charge in [-0.25, -0.2) is 15.0 Å². The molecule has 2 rings (SSSR count). The van der Waals surface area contributed by atoms with Crippen LogP contribution in [0.1, 0.15) is 42.3 Å². The minimum absolute atomic E-state index is 0.321. The second-order valence-corrected chi connectivity index (χ2v) is 5.33. The third-order valence-electron chi connectivity index (χ3n) is 2.92. The van der Waals surface area contributed by atoms with Crippen LogP contribution in [0.5, 0.6) is 0 Å². The molecule has 19 heavy (non-hydrogen) atoms. The third kappa shape index (κ3) is 3.10. The lowest BCUT2D eigenvalue weighted by atomic mass is 10.1. The molecule has 0 atom stereocenters. The Morgan fingerprint density at radius 2 is 1.89 bits per heavy atom. The molecule has 0 bridgehead atoms. The van der Waals surface area contributed by atoms with Gasteiger partial charge < -0.3 is 0 Å². The van der Waals surface area contributed by atoms with Crippen molar-refractivity contribution in [1.82, 2.24) is 15.0 Å². The van der Waals surface area contributed by atoms with E-state index in [0.29, 0.717) is 17.6 Å². The first-order valence-electron chi connectivity index (χ1n) is 6.38. The van der Waals surface area contributed by atoms with Gasteiger partial charge in [-0.2, -0.15) is 0 Å². The van der Waals surface area contributed by atoms with Crippen LogP contribution in [0.4, 0.5) is 0 Å². The highest BCUT2D eigenvalue weighted by molar-refractivity contribution is 6.17. The van der Waals surface area contributed by atoms with E-state index in [1.807, 2.05) is 25.3 Å². The monoisotopic (exact) mass is 275 g/mol. The zero-order valence-electron chi connectivity index (χ0n) is 11.7. The lowest BCUT2D eigenvalue weighted by Crippen LogP contribution is -2.03. The summed E-state index contributed by atoms with van der Waals surface area (Å²) >= 11 is 5.93. The molecule has 100 valence electrons. The van der Waals surface area contributed by atoms with Crippen molar-refractivity contribution < 1.29 is 0 Å². The lowest BCUT2D eigenvalue weighted by molar-refractivity contribution is 0.800. The Morgan fingerprint density at radius 3 is 2.47 bits per heavy atom. The van der Waals surface area contributed by atoms with E-state index in [2.05, 4.69) is 35.7 Å². The second-order valence-electron chi connectivity index (χ2n) is 5.06. The summed E-state index contributed by atoms with van der Waals surface area (Å²) in [6.45, 7) is 8.25. The molecule has 3 nitrogen and oxygen atoms in total. The molecule has 0 fully saturated rings. The average Bonchev–Trinajstić information content (AvgIpc) is 2.36. The van der Waals surface area contributed by atoms with Crippen LogP contribution in [0.3, 0.4) is 0 Å². The van der Waals surface area contributed by atoms with Gasteiger partial charge >= 0.3 is 0 Å². The molecule has 0 saturated carbocycles. The molecule has 0 N–H and O–H groups in total. The number of halogens is 1. The van der Waals surface area contributed by atoms with E-state index in [-0.39, 0.29) is 0 Å². The Bertz CT molecular complexity index is 574. The van der Waals surface area contributed by atoms with Crippen molar-refractivity contribution >= 4 is 11.6 Å². The highest BCUT2D eigenvalue weighted by atomic mass is 35.5. The smallest absolute Gasteiger partial charge is 0.178 e. The predicted octanol–water partition coefficient (Wildman–Crippen LogP) is 4.02. The fourth-order valence-electron chi connectivity index (χ4n) is 2.10. The van der Waals surface area contributed by atoms with E-state index in [9.17, 15) is 0 Å². The zero-order valence-corrected chi connectivity index (χ0v) is 12.5. The molecule has 0 amide bonds. The van der Waals surface area contributed by atoms with Crippen molar-refractivity contribution in [3.63, 3.8) is 0 Å². The molecule has 4 heteroatoms. The first kappa shape index (κ1) is 13.9. The molecule has 0 aliphatic heterocycles. The molecule has 2 aromatic rings. The number of aromatic nitrogens is 3. The first-order chi connectivity index (χ1) is 9.01. The summed E-state index contributed by atoms with van der Waals surface area (Å²) < 4.78 is 0. The number of hydrogen-bond acceptors (Lipinski definition) is 3. The molecule has 0 aliphatic carbocycles. The molecule has 2 heterocycles. The fraction of sp³-hybridized carbons (Fsp3) is 0.400. The number of pyridine rings is 1. The second kappa shape index (κ2) is 5.66. The van der Waals surface area contributed by atoms with E-state index in [1.165, 1.54) is 5.56 Å². The van der Waals surface area contributed by atoms with Crippen LogP contribution in [-0.4, -0.2) is 15.0 Å². The summed E-state index contributed by atoms with van der Waals surface area (Å²) in [6, 6.07) is 4.05. The van der Waals surface area contributed by atoms with Gasteiger partial charge in [-0.15, -0.1) is 11.6 Å². The Balaban J connectivity index is 2.53. The lowest BCUT2D eigenvalue weighted by Gasteiger charge is -2.11. The number of alkyl halides is 1. The fourth-order valence-corrected chi connectivity index (χ4v) is 2.31. The quantitative estimate of drug-likeness (QED) is 0.794. The number of nitrogens with zero attached hydrogens (tertiary/aromatic N) is 3. The molecule has 0 saturated heterocycles. The summed E-state index contributed by atoms with van der Waals surface area (Å²) in [5.41, 5.74) is 4.95. The molecule has 0 aliphatic rings. The highest BCUT2D eigenvalue weighted by Crippen LogP contribution is 2.22. The van der Waals surface area contributed by atoms with Crippen molar-refractivity contribution in [2.45, 2.75) is 39.5 Å². The van der Waals surface area contributed by atoms with Crippen molar-refractivity contribution in [1.29, 1.82) is 0 Å². The van der Waals surface area contributed by atoms with Gasteiger partial charge in [0.1, 0.15) is 5.69 Å². The van der Waals surface area contributed by atoms with E-state index in [1.54, 1.807) is 0 Å². The maximum atomic E-state index is 5.93. The van der Waals surface area contributed by atoms with Crippen molar-refractivity contribution in [3.8, 4) is 11.5 Å². The average molecular weight is 276 g/mol. The Hall–Kier alpha value is -1.48. The summed E-state index contributed by atoms with van der Waals surface area (Å²) in [5.74, 6) is 1.43. The normalized spacial score (nSPS) is 11.1. The van der Waals surface area contributed by atoms with Gasteiger partial charge in [0.15, 0.2) is 5.82 Å². The van der Waals surface area contributed by atoms with Crippen LogP contribution in [0.2, 0.25) is 0 Å². The highest BCUT2D eigenvalue weighted by Gasteiger charge is 2.12. The van der Waals surface area contributed by atoms with Crippen LogP contribution in [0.25, 0.3) is 11.5 Å². The van der Waals surface area contributed by atoms with Gasteiger partial charge in [0.05, 0.1) is 11.6 Å².